The first-order valence-electron chi connectivity index (χ1n) is 5.51. The lowest BCUT2D eigenvalue weighted by Crippen LogP contribution is -2.39. The number of nitrogens with zero attached hydrogens (tertiary/aromatic N) is 1. The van der Waals surface area contributed by atoms with E-state index in [9.17, 15) is 13.2 Å². The van der Waals surface area contributed by atoms with Crippen LogP contribution in [-0.4, -0.2) is 56.0 Å². The van der Waals surface area contributed by atoms with Crippen LogP contribution >= 0.6 is 0 Å². The molecular formula is C10H19NO4S. The third-order valence-electron chi connectivity index (χ3n) is 2.84. The van der Waals surface area contributed by atoms with E-state index in [1.807, 2.05) is 4.90 Å². The van der Waals surface area contributed by atoms with Crippen LogP contribution < -0.4 is 0 Å². The Kier molecular flexibility index (Phi) is 4.73. The second kappa shape index (κ2) is 5.63. The molecule has 6 heteroatoms. The summed E-state index contributed by atoms with van der Waals surface area (Å²) in [6.45, 7) is 2.11. The molecule has 1 saturated heterocycles. The Morgan fingerprint density at radius 3 is 2.75 bits per heavy atom. The molecule has 1 aliphatic heterocycles. The molecule has 16 heavy (non-hydrogen) atoms. The van der Waals surface area contributed by atoms with Gasteiger partial charge in [0.25, 0.3) is 0 Å². The number of piperidine rings is 1. The van der Waals surface area contributed by atoms with E-state index in [-0.39, 0.29) is 11.7 Å². The molecule has 1 atom stereocenters. The van der Waals surface area contributed by atoms with Crippen LogP contribution in [0.5, 0.6) is 0 Å². The number of hydrogen-bond donors (Lipinski definition) is 1. The van der Waals surface area contributed by atoms with Gasteiger partial charge in [0.05, 0.1) is 11.7 Å². The molecule has 0 bridgehead atoms. The molecule has 1 unspecified atom stereocenters. The average molecular weight is 249 g/mol. The highest BCUT2D eigenvalue weighted by Gasteiger charge is 2.24. The van der Waals surface area contributed by atoms with Gasteiger partial charge in [-0.3, -0.25) is 4.79 Å². The highest BCUT2D eigenvalue weighted by atomic mass is 32.2. The molecule has 1 N–H and O–H groups in total. The Hall–Kier alpha value is -0.620. The van der Waals surface area contributed by atoms with Crippen LogP contribution in [-0.2, 0) is 14.6 Å². The molecule has 0 aromatic rings. The summed E-state index contributed by atoms with van der Waals surface area (Å²) in [4.78, 5) is 12.9. The molecular weight excluding hydrogens is 230 g/mol. The second-order valence-electron chi connectivity index (χ2n) is 4.46. The van der Waals surface area contributed by atoms with Gasteiger partial charge < -0.3 is 10.0 Å². The molecule has 0 aromatic heterocycles. The zero-order chi connectivity index (χ0) is 12.2. The van der Waals surface area contributed by atoms with Crippen LogP contribution in [0.4, 0.5) is 0 Å². The normalized spacial score (nSPS) is 23.2. The topological polar surface area (TPSA) is 74.7 Å². The van der Waals surface area contributed by atoms with Gasteiger partial charge in [-0.2, -0.15) is 0 Å². The Morgan fingerprint density at radius 2 is 2.19 bits per heavy atom. The van der Waals surface area contributed by atoms with E-state index in [0.29, 0.717) is 19.5 Å². The number of carboxylic acid groups (broad SMARTS) is 1. The van der Waals surface area contributed by atoms with Crippen molar-refractivity contribution < 1.29 is 18.3 Å². The first kappa shape index (κ1) is 13.4. The average Bonchev–Trinajstić information content (AvgIpc) is 2.16. The number of hydrogen-bond acceptors (Lipinski definition) is 4. The number of likely N-dealkylation sites (tertiary alicyclic amines) is 1. The van der Waals surface area contributed by atoms with Crippen LogP contribution in [0.1, 0.15) is 19.3 Å². The molecule has 94 valence electrons. The summed E-state index contributed by atoms with van der Waals surface area (Å²) in [5.74, 6) is -0.846. The largest absolute Gasteiger partial charge is 0.481 e. The number of rotatable bonds is 5. The maximum Gasteiger partial charge on any atom is 0.307 e. The first-order valence-corrected chi connectivity index (χ1v) is 7.57. The Balaban J connectivity index is 2.30. The Bertz CT molecular complexity index is 339. The molecule has 0 saturated carbocycles. The van der Waals surface area contributed by atoms with Crippen molar-refractivity contribution in [3.63, 3.8) is 0 Å². The summed E-state index contributed by atoms with van der Waals surface area (Å²) in [5, 5.41) is 8.89. The summed E-state index contributed by atoms with van der Waals surface area (Å²) in [6.07, 6.45) is 3.43. The summed E-state index contributed by atoms with van der Waals surface area (Å²) in [6, 6.07) is 0. The van der Waals surface area contributed by atoms with E-state index in [1.165, 1.54) is 6.26 Å². The fourth-order valence-corrected chi connectivity index (χ4v) is 2.66. The maximum absolute atomic E-state index is 10.9. The minimum absolute atomic E-state index is 0.182. The highest BCUT2D eigenvalue weighted by Crippen LogP contribution is 2.16. The molecule has 1 aliphatic rings. The predicted octanol–water partition coefficient (Wildman–Crippen LogP) is 0.218. The van der Waals surface area contributed by atoms with Crippen LogP contribution in [0.15, 0.2) is 0 Å². The van der Waals surface area contributed by atoms with E-state index in [2.05, 4.69) is 0 Å². The van der Waals surface area contributed by atoms with Crippen molar-refractivity contribution in [1.82, 2.24) is 4.90 Å². The van der Waals surface area contributed by atoms with Gasteiger partial charge in [0, 0.05) is 12.8 Å². The third kappa shape index (κ3) is 4.94. The van der Waals surface area contributed by atoms with Crippen molar-refractivity contribution >= 4 is 15.8 Å². The molecule has 1 heterocycles. The van der Waals surface area contributed by atoms with Gasteiger partial charge >= 0.3 is 5.97 Å². The van der Waals surface area contributed by atoms with Crippen LogP contribution in [0.3, 0.4) is 0 Å². The van der Waals surface area contributed by atoms with Gasteiger partial charge in [0.15, 0.2) is 0 Å². The molecule has 0 aromatic carbocycles. The predicted molar refractivity (Wildman–Crippen MR) is 61.1 cm³/mol. The van der Waals surface area contributed by atoms with Crippen molar-refractivity contribution in [2.75, 3.05) is 31.6 Å². The number of carbonyl (C=O) groups is 1. The number of carboxylic acids is 1. The van der Waals surface area contributed by atoms with Crippen molar-refractivity contribution in [2.45, 2.75) is 19.3 Å². The fourth-order valence-electron chi connectivity index (χ4n) is 2.01. The van der Waals surface area contributed by atoms with Crippen molar-refractivity contribution in [2.24, 2.45) is 5.92 Å². The summed E-state index contributed by atoms with van der Waals surface area (Å²) in [5.41, 5.74) is 0. The van der Waals surface area contributed by atoms with E-state index in [0.717, 1.165) is 19.4 Å². The minimum Gasteiger partial charge on any atom is -0.481 e. The van der Waals surface area contributed by atoms with E-state index < -0.39 is 15.8 Å². The standard InChI is InChI=1S/C10H19NO4S/c1-16(14,15)7-3-6-11-5-2-4-9(8-11)10(12)13/h9H,2-8H2,1H3,(H,12,13). The van der Waals surface area contributed by atoms with Crippen molar-refractivity contribution in [3.8, 4) is 0 Å². The second-order valence-corrected chi connectivity index (χ2v) is 6.72. The number of sulfone groups is 1. The van der Waals surface area contributed by atoms with E-state index in [1.54, 1.807) is 0 Å². The van der Waals surface area contributed by atoms with Crippen molar-refractivity contribution in [3.05, 3.63) is 0 Å². The first-order chi connectivity index (χ1) is 7.38. The van der Waals surface area contributed by atoms with Gasteiger partial charge in [-0.25, -0.2) is 8.42 Å². The highest BCUT2D eigenvalue weighted by molar-refractivity contribution is 7.90. The Morgan fingerprint density at radius 1 is 1.50 bits per heavy atom. The quantitative estimate of drug-likeness (QED) is 0.754. The summed E-state index contributed by atoms with van der Waals surface area (Å²) < 4.78 is 21.9. The fraction of sp³-hybridized carbons (Fsp3) is 0.900. The molecule has 1 fully saturated rings. The lowest BCUT2D eigenvalue weighted by Gasteiger charge is -2.30. The smallest absolute Gasteiger partial charge is 0.307 e. The van der Waals surface area contributed by atoms with Crippen LogP contribution in [0.2, 0.25) is 0 Å². The zero-order valence-corrected chi connectivity index (χ0v) is 10.4. The monoisotopic (exact) mass is 249 g/mol. The van der Waals surface area contributed by atoms with Gasteiger partial charge in [0.1, 0.15) is 9.84 Å². The summed E-state index contributed by atoms with van der Waals surface area (Å²) in [7, 11) is -2.90. The lowest BCUT2D eigenvalue weighted by atomic mass is 9.98. The van der Waals surface area contributed by atoms with Gasteiger partial charge in [0.2, 0.25) is 0 Å². The SMILES string of the molecule is CS(=O)(=O)CCCN1CCCC(C(=O)O)C1. The molecule has 1 rings (SSSR count). The lowest BCUT2D eigenvalue weighted by molar-refractivity contribution is -0.143. The van der Waals surface area contributed by atoms with Crippen LogP contribution in [0.25, 0.3) is 0 Å². The molecule has 0 aliphatic carbocycles. The van der Waals surface area contributed by atoms with Crippen molar-refractivity contribution in [1.29, 1.82) is 0 Å². The summed E-state index contributed by atoms with van der Waals surface area (Å²) >= 11 is 0. The van der Waals surface area contributed by atoms with Gasteiger partial charge in [-0.15, -0.1) is 0 Å². The minimum atomic E-state index is -2.90. The van der Waals surface area contributed by atoms with E-state index >= 15 is 0 Å². The molecule has 0 amide bonds. The zero-order valence-electron chi connectivity index (χ0n) is 9.55. The van der Waals surface area contributed by atoms with Crippen LogP contribution in [0, 0.1) is 5.92 Å². The molecule has 0 spiro atoms. The van der Waals surface area contributed by atoms with Gasteiger partial charge in [-0.05, 0) is 32.4 Å². The molecule has 5 nitrogen and oxygen atoms in total. The van der Waals surface area contributed by atoms with Gasteiger partial charge in [-0.1, -0.05) is 0 Å². The molecule has 0 radical (unpaired) electrons. The maximum atomic E-state index is 10.9. The Labute approximate surface area is 96.4 Å². The third-order valence-corrected chi connectivity index (χ3v) is 3.87. The number of aliphatic carboxylic acids is 1. The van der Waals surface area contributed by atoms with E-state index in [4.69, 9.17) is 5.11 Å².